The number of halogens is 1. The van der Waals surface area contributed by atoms with Crippen molar-refractivity contribution in [1.29, 1.82) is 0 Å². The van der Waals surface area contributed by atoms with E-state index in [-0.39, 0.29) is 18.4 Å². The van der Waals surface area contributed by atoms with Crippen molar-refractivity contribution in [3.63, 3.8) is 0 Å². The molecule has 0 fully saturated rings. The minimum atomic E-state index is -0.182. The molecule has 5 nitrogen and oxygen atoms in total. The summed E-state index contributed by atoms with van der Waals surface area (Å²) in [4.78, 5) is 25.5. The van der Waals surface area contributed by atoms with Crippen molar-refractivity contribution < 1.29 is 14.3 Å². The molecular weight excluding hydrogens is 328 g/mol. The average Bonchev–Trinajstić information content (AvgIpc) is 2.59. The number of ether oxygens (including phenoxy) is 1. The van der Waals surface area contributed by atoms with Crippen LogP contribution in [0, 0.1) is 0 Å². The first kappa shape index (κ1) is 16.3. The molecule has 0 aromatic heterocycles. The van der Waals surface area contributed by atoms with Crippen molar-refractivity contribution in [3.05, 3.63) is 58.6 Å². The first-order valence-electron chi connectivity index (χ1n) is 7.60. The summed E-state index contributed by atoms with van der Waals surface area (Å²) in [7, 11) is 1.67. The SMILES string of the molecule is CN1C(=O)COc2ccc(C(=O)NCCc3ccc(Cl)cc3)cc21. The number of hydrogen-bond donors (Lipinski definition) is 1. The summed E-state index contributed by atoms with van der Waals surface area (Å²) in [5, 5.41) is 3.57. The van der Waals surface area contributed by atoms with E-state index in [0.717, 1.165) is 12.0 Å². The highest BCUT2D eigenvalue weighted by Gasteiger charge is 2.23. The van der Waals surface area contributed by atoms with Crippen LogP contribution in [0.25, 0.3) is 0 Å². The summed E-state index contributed by atoms with van der Waals surface area (Å²) in [5.41, 5.74) is 2.20. The molecule has 2 aromatic rings. The highest BCUT2D eigenvalue weighted by molar-refractivity contribution is 6.30. The maximum atomic E-state index is 12.3. The van der Waals surface area contributed by atoms with Gasteiger partial charge in [0.1, 0.15) is 5.75 Å². The van der Waals surface area contributed by atoms with Gasteiger partial charge < -0.3 is 15.0 Å². The summed E-state index contributed by atoms with van der Waals surface area (Å²) in [6.45, 7) is 0.541. The molecule has 2 amide bonds. The van der Waals surface area contributed by atoms with Gasteiger partial charge in [-0.2, -0.15) is 0 Å². The maximum Gasteiger partial charge on any atom is 0.264 e. The molecule has 2 aromatic carbocycles. The van der Waals surface area contributed by atoms with Crippen LogP contribution in [0.15, 0.2) is 42.5 Å². The molecule has 124 valence electrons. The predicted octanol–water partition coefficient (Wildman–Crippen LogP) is 2.67. The van der Waals surface area contributed by atoms with Crippen LogP contribution in [0.1, 0.15) is 15.9 Å². The van der Waals surface area contributed by atoms with Crippen LogP contribution >= 0.6 is 11.6 Å². The second kappa shape index (κ2) is 6.93. The molecule has 0 unspecified atom stereocenters. The second-order valence-corrected chi connectivity index (χ2v) is 5.99. The molecule has 0 aliphatic carbocycles. The topological polar surface area (TPSA) is 58.6 Å². The van der Waals surface area contributed by atoms with Gasteiger partial charge in [0, 0.05) is 24.2 Å². The molecule has 0 saturated heterocycles. The van der Waals surface area contributed by atoms with E-state index in [4.69, 9.17) is 16.3 Å². The number of rotatable bonds is 4. The van der Waals surface area contributed by atoms with E-state index in [1.54, 1.807) is 25.2 Å². The number of nitrogens with one attached hydrogen (secondary N) is 1. The first-order valence-corrected chi connectivity index (χ1v) is 7.98. The van der Waals surface area contributed by atoms with E-state index in [1.165, 1.54) is 4.90 Å². The zero-order chi connectivity index (χ0) is 17.1. The molecule has 1 heterocycles. The van der Waals surface area contributed by atoms with Crippen LogP contribution in [-0.4, -0.2) is 32.0 Å². The van der Waals surface area contributed by atoms with Gasteiger partial charge >= 0.3 is 0 Å². The molecule has 1 N–H and O–H groups in total. The van der Waals surface area contributed by atoms with Crippen LogP contribution in [0.4, 0.5) is 5.69 Å². The third kappa shape index (κ3) is 3.51. The van der Waals surface area contributed by atoms with E-state index in [1.807, 2.05) is 24.3 Å². The number of nitrogens with zero attached hydrogens (tertiary/aromatic N) is 1. The van der Waals surface area contributed by atoms with Crippen LogP contribution in [0.3, 0.4) is 0 Å². The fourth-order valence-electron chi connectivity index (χ4n) is 2.49. The zero-order valence-corrected chi connectivity index (χ0v) is 14.0. The maximum absolute atomic E-state index is 12.3. The van der Waals surface area contributed by atoms with Gasteiger partial charge in [0.2, 0.25) is 0 Å². The third-order valence-corrected chi connectivity index (χ3v) is 4.17. The molecule has 3 rings (SSSR count). The van der Waals surface area contributed by atoms with Crippen molar-refractivity contribution >= 4 is 29.1 Å². The molecule has 0 bridgehead atoms. The molecule has 0 radical (unpaired) electrons. The van der Waals surface area contributed by atoms with E-state index in [2.05, 4.69) is 5.32 Å². The molecule has 6 heteroatoms. The number of benzene rings is 2. The Balaban J connectivity index is 1.63. The van der Waals surface area contributed by atoms with Crippen molar-refractivity contribution in [2.24, 2.45) is 0 Å². The van der Waals surface area contributed by atoms with Crippen LogP contribution in [0.2, 0.25) is 5.02 Å². The Morgan fingerprint density at radius 1 is 1.25 bits per heavy atom. The molecule has 0 saturated carbocycles. The highest BCUT2D eigenvalue weighted by Crippen LogP contribution is 2.31. The smallest absolute Gasteiger partial charge is 0.264 e. The molecule has 1 aliphatic heterocycles. The zero-order valence-electron chi connectivity index (χ0n) is 13.2. The average molecular weight is 345 g/mol. The van der Waals surface area contributed by atoms with Gasteiger partial charge in [-0.25, -0.2) is 0 Å². The standard InChI is InChI=1S/C18H17ClN2O3/c1-21-15-10-13(4-7-16(15)24-11-17(21)22)18(23)20-9-8-12-2-5-14(19)6-3-12/h2-7,10H,8-9,11H2,1H3,(H,20,23). The normalized spacial score (nSPS) is 13.2. The Hall–Kier alpha value is -2.53. The van der Waals surface area contributed by atoms with Gasteiger partial charge in [-0.15, -0.1) is 0 Å². The fourth-order valence-corrected chi connectivity index (χ4v) is 2.61. The Kier molecular flexibility index (Phi) is 4.71. The molecule has 1 aliphatic rings. The first-order chi connectivity index (χ1) is 11.5. The van der Waals surface area contributed by atoms with Gasteiger partial charge in [0.15, 0.2) is 6.61 Å². The van der Waals surface area contributed by atoms with Crippen molar-refractivity contribution in [1.82, 2.24) is 5.32 Å². The lowest BCUT2D eigenvalue weighted by molar-refractivity contribution is -0.120. The van der Waals surface area contributed by atoms with Gasteiger partial charge in [-0.05, 0) is 42.3 Å². The Labute approximate surface area is 145 Å². The molecule has 0 atom stereocenters. The Morgan fingerprint density at radius 3 is 2.75 bits per heavy atom. The Bertz CT molecular complexity index is 774. The van der Waals surface area contributed by atoms with Gasteiger partial charge in [0.25, 0.3) is 11.8 Å². The number of fused-ring (bicyclic) bond motifs is 1. The van der Waals surface area contributed by atoms with Crippen LogP contribution < -0.4 is 15.0 Å². The molecule has 0 spiro atoms. The van der Waals surface area contributed by atoms with Crippen LogP contribution in [-0.2, 0) is 11.2 Å². The van der Waals surface area contributed by atoms with Gasteiger partial charge in [-0.3, -0.25) is 9.59 Å². The van der Waals surface area contributed by atoms with Crippen molar-refractivity contribution in [3.8, 4) is 5.75 Å². The number of amides is 2. The third-order valence-electron chi connectivity index (χ3n) is 3.92. The van der Waals surface area contributed by atoms with E-state index >= 15 is 0 Å². The molecular formula is C18H17ClN2O3. The number of anilines is 1. The predicted molar refractivity (Wildman–Crippen MR) is 92.8 cm³/mol. The minimum Gasteiger partial charge on any atom is -0.482 e. The summed E-state index contributed by atoms with van der Waals surface area (Å²) in [6.07, 6.45) is 0.718. The second-order valence-electron chi connectivity index (χ2n) is 5.56. The highest BCUT2D eigenvalue weighted by atomic mass is 35.5. The summed E-state index contributed by atoms with van der Waals surface area (Å²) < 4.78 is 5.36. The van der Waals surface area contributed by atoms with Gasteiger partial charge in [-0.1, -0.05) is 23.7 Å². The summed E-state index contributed by atoms with van der Waals surface area (Å²) in [5.74, 6) is 0.288. The quantitative estimate of drug-likeness (QED) is 0.927. The van der Waals surface area contributed by atoms with Crippen LogP contribution in [0.5, 0.6) is 5.75 Å². The summed E-state index contributed by atoms with van der Waals surface area (Å²) in [6, 6.07) is 12.6. The largest absolute Gasteiger partial charge is 0.482 e. The van der Waals surface area contributed by atoms with Crippen molar-refractivity contribution in [2.75, 3.05) is 25.1 Å². The van der Waals surface area contributed by atoms with Crippen molar-refractivity contribution in [2.45, 2.75) is 6.42 Å². The van der Waals surface area contributed by atoms with E-state index < -0.39 is 0 Å². The lowest BCUT2D eigenvalue weighted by atomic mass is 10.1. The number of likely N-dealkylation sites (N-methyl/N-ethyl adjacent to an activating group) is 1. The Morgan fingerprint density at radius 2 is 2.00 bits per heavy atom. The fraction of sp³-hybridized carbons (Fsp3) is 0.222. The lowest BCUT2D eigenvalue weighted by Gasteiger charge is -2.26. The van der Waals surface area contributed by atoms with E-state index in [0.29, 0.717) is 28.6 Å². The number of carbonyl (C=O) groups excluding carboxylic acids is 2. The molecule has 24 heavy (non-hydrogen) atoms. The lowest BCUT2D eigenvalue weighted by Crippen LogP contribution is -2.35. The number of carbonyl (C=O) groups is 2. The van der Waals surface area contributed by atoms with Gasteiger partial charge in [0.05, 0.1) is 5.69 Å². The van der Waals surface area contributed by atoms with E-state index in [9.17, 15) is 9.59 Å². The monoisotopic (exact) mass is 344 g/mol. The number of hydrogen-bond acceptors (Lipinski definition) is 3. The summed E-state index contributed by atoms with van der Waals surface area (Å²) >= 11 is 5.85. The minimum absolute atomic E-state index is 0.0239.